The number of amides is 2. The lowest BCUT2D eigenvalue weighted by atomic mass is 10.1. The molecule has 0 bridgehead atoms. The van der Waals surface area contributed by atoms with E-state index in [2.05, 4.69) is 10.6 Å². The van der Waals surface area contributed by atoms with E-state index in [0.717, 1.165) is 12.2 Å². The Hall–Kier alpha value is -1.78. The number of piperidine rings is 1. The van der Waals surface area contributed by atoms with E-state index in [-0.39, 0.29) is 17.9 Å². The maximum absolute atomic E-state index is 11.6. The third-order valence-electron chi connectivity index (χ3n) is 2.81. The molecule has 1 aromatic rings. The zero-order valence-electron chi connectivity index (χ0n) is 9.57. The van der Waals surface area contributed by atoms with Crippen molar-refractivity contribution < 1.29 is 14.0 Å². The van der Waals surface area contributed by atoms with E-state index in [4.69, 9.17) is 4.42 Å². The first-order valence-corrected chi connectivity index (χ1v) is 5.82. The van der Waals surface area contributed by atoms with Crippen LogP contribution in [-0.2, 0) is 16.0 Å². The molecule has 1 unspecified atom stereocenters. The molecule has 0 aromatic carbocycles. The molecule has 0 saturated carbocycles. The topological polar surface area (TPSA) is 71.3 Å². The van der Waals surface area contributed by atoms with Crippen molar-refractivity contribution in [1.82, 2.24) is 10.6 Å². The second-order valence-electron chi connectivity index (χ2n) is 4.19. The van der Waals surface area contributed by atoms with E-state index >= 15 is 0 Å². The van der Waals surface area contributed by atoms with Crippen LogP contribution in [0.1, 0.15) is 25.0 Å². The molecule has 2 heterocycles. The highest BCUT2D eigenvalue weighted by Gasteiger charge is 2.19. The van der Waals surface area contributed by atoms with Crippen LogP contribution in [0.3, 0.4) is 0 Å². The van der Waals surface area contributed by atoms with Gasteiger partial charge >= 0.3 is 0 Å². The normalized spacial score (nSPS) is 19.8. The Morgan fingerprint density at radius 3 is 3.12 bits per heavy atom. The first kappa shape index (κ1) is 11.7. The molecule has 1 aliphatic heterocycles. The van der Waals surface area contributed by atoms with E-state index in [1.807, 2.05) is 12.1 Å². The predicted octanol–water partition coefficient (Wildman–Crippen LogP) is 0.607. The van der Waals surface area contributed by atoms with E-state index in [1.54, 1.807) is 6.26 Å². The number of furan rings is 1. The summed E-state index contributed by atoms with van der Waals surface area (Å²) >= 11 is 0. The van der Waals surface area contributed by atoms with Crippen LogP contribution in [0.2, 0.25) is 0 Å². The van der Waals surface area contributed by atoms with Gasteiger partial charge in [-0.1, -0.05) is 0 Å². The molecule has 0 aliphatic carbocycles. The maximum Gasteiger partial charge on any atom is 0.220 e. The maximum atomic E-state index is 11.6. The van der Waals surface area contributed by atoms with E-state index < -0.39 is 0 Å². The van der Waals surface area contributed by atoms with Crippen molar-refractivity contribution in [2.24, 2.45) is 0 Å². The average molecular weight is 236 g/mol. The van der Waals surface area contributed by atoms with Gasteiger partial charge in [0.05, 0.1) is 6.26 Å². The van der Waals surface area contributed by atoms with Gasteiger partial charge in [-0.05, 0) is 18.6 Å². The standard InChI is InChI=1S/C12H16N2O3/c15-11-5-3-9(8-13-11)14-12(16)6-4-10-2-1-7-17-10/h1-2,7,9H,3-6,8H2,(H,13,15)(H,14,16). The zero-order valence-corrected chi connectivity index (χ0v) is 9.57. The van der Waals surface area contributed by atoms with E-state index in [0.29, 0.717) is 25.8 Å². The van der Waals surface area contributed by atoms with Gasteiger partial charge in [0.1, 0.15) is 5.76 Å². The lowest BCUT2D eigenvalue weighted by Gasteiger charge is -2.23. The summed E-state index contributed by atoms with van der Waals surface area (Å²) in [5.41, 5.74) is 0. The minimum atomic E-state index is 0.00236. The van der Waals surface area contributed by atoms with Crippen molar-refractivity contribution in [3.8, 4) is 0 Å². The summed E-state index contributed by atoms with van der Waals surface area (Å²) in [6, 6.07) is 3.73. The van der Waals surface area contributed by atoms with Crippen molar-refractivity contribution >= 4 is 11.8 Å². The highest BCUT2D eigenvalue weighted by Crippen LogP contribution is 2.05. The Balaban J connectivity index is 1.68. The molecular weight excluding hydrogens is 220 g/mol. The molecule has 1 atom stereocenters. The van der Waals surface area contributed by atoms with Gasteiger partial charge in [0.25, 0.3) is 0 Å². The summed E-state index contributed by atoms with van der Waals surface area (Å²) < 4.78 is 5.15. The summed E-state index contributed by atoms with van der Waals surface area (Å²) in [6.07, 6.45) is 3.83. The third kappa shape index (κ3) is 3.62. The van der Waals surface area contributed by atoms with Crippen LogP contribution in [0.15, 0.2) is 22.8 Å². The van der Waals surface area contributed by atoms with Crippen LogP contribution in [-0.4, -0.2) is 24.4 Å². The van der Waals surface area contributed by atoms with Crippen molar-refractivity contribution in [3.63, 3.8) is 0 Å². The van der Waals surface area contributed by atoms with Crippen LogP contribution in [0.5, 0.6) is 0 Å². The third-order valence-corrected chi connectivity index (χ3v) is 2.81. The first-order chi connectivity index (χ1) is 8.24. The summed E-state index contributed by atoms with van der Waals surface area (Å²) in [5.74, 6) is 0.880. The van der Waals surface area contributed by atoms with Crippen LogP contribution >= 0.6 is 0 Å². The molecule has 1 saturated heterocycles. The van der Waals surface area contributed by atoms with E-state index in [9.17, 15) is 9.59 Å². The fraction of sp³-hybridized carbons (Fsp3) is 0.500. The van der Waals surface area contributed by atoms with Gasteiger partial charge in [0.2, 0.25) is 11.8 Å². The Labute approximate surface area is 99.6 Å². The summed E-state index contributed by atoms with van der Waals surface area (Å²) in [5, 5.41) is 5.64. The van der Waals surface area contributed by atoms with Crippen molar-refractivity contribution in [2.75, 3.05) is 6.54 Å². The number of rotatable bonds is 4. The van der Waals surface area contributed by atoms with Gasteiger partial charge in [0, 0.05) is 31.8 Å². The SMILES string of the molecule is O=C1CCC(NC(=O)CCc2ccco2)CN1. The Bertz CT molecular complexity index is 376. The number of aryl methyl sites for hydroxylation is 1. The molecule has 0 spiro atoms. The highest BCUT2D eigenvalue weighted by molar-refractivity contribution is 5.79. The van der Waals surface area contributed by atoms with Crippen LogP contribution in [0.25, 0.3) is 0 Å². The molecule has 2 N–H and O–H groups in total. The monoisotopic (exact) mass is 236 g/mol. The zero-order chi connectivity index (χ0) is 12.1. The summed E-state index contributed by atoms with van der Waals surface area (Å²) in [4.78, 5) is 22.6. The first-order valence-electron chi connectivity index (χ1n) is 5.82. The fourth-order valence-corrected chi connectivity index (χ4v) is 1.85. The summed E-state index contributed by atoms with van der Waals surface area (Å²) in [7, 11) is 0. The molecule has 1 aromatic heterocycles. The Morgan fingerprint density at radius 2 is 2.47 bits per heavy atom. The van der Waals surface area contributed by atoms with Gasteiger partial charge in [-0.3, -0.25) is 9.59 Å². The minimum Gasteiger partial charge on any atom is -0.469 e. The smallest absolute Gasteiger partial charge is 0.220 e. The molecule has 17 heavy (non-hydrogen) atoms. The lowest BCUT2D eigenvalue weighted by molar-refractivity contribution is -0.125. The van der Waals surface area contributed by atoms with Gasteiger partial charge in [-0.2, -0.15) is 0 Å². The molecule has 2 rings (SSSR count). The van der Waals surface area contributed by atoms with E-state index in [1.165, 1.54) is 0 Å². The lowest BCUT2D eigenvalue weighted by Crippen LogP contribution is -2.47. The second kappa shape index (κ2) is 5.52. The molecular formula is C12H16N2O3. The molecule has 0 radical (unpaired) electrons. The largest absolute Gasteiger partial charge is 0.469 e. The fourth-order valence-electron chi connectivity index (χ4n) is 1.85. The van der Waals surface area contributed by atoms with Crippen LogP contribution < -0.4 is 10.6 Å². The number of carbonyl (C=O) groups excluding carboxylic acids is 2. The molecule has 5 nitrogen and oxygen atoms in total. The molecule has 2 amide bonds. The number of hydrogen-bond acceptors (Lipinski definition) is 3. The average Bonchev–Trinajstić information content (AvgIpc) is 2.83. The van der Waals surface area contributed by atoms with Gasteiger partial charge in [-0.25, -0.2) is 0 Å². The molecule has 1 fully saturated rings. The minimum absolute atomic E-state index is 0.00236. The highest BCUT2D eigenvalue weighted by atomic mass is 16.3. The predicted molar refractivity (Wildman–Crippen MR) is 61.2 cm³/mol. The summed E-state index contributed by atoms with van der Waals surface area (Å²) in [6.45, 7) is 0.533. The van der Waals surface area contributed by atoms with Crippen molar-refractivity contribution in [3.05, 3.63) is 24.2 Å². The van der Waals surface area contributed by atoms with Crippen molar-refractivity contribution in [2.45, 2.75) is 31.7 Å². The number of carbonyl (C=O) groups is 2. The van der Waals surface area contributed by atoms with Gasteiger partial charge in [0.15, 0.2) is 0 Å². The molecule has 5 heteroatoms. The Morgan fingerprint density at radius 1 is 1.59 bits per heavy atom. The van der Waals surface area contributed by atoms with Gasteiger partial charge < -0.3 is 15.1 Å². The quantitative estimate of drug-likeness (QED) is 0.804. The van der Waals surface area contributed by atoms with Gasteiger partial charge in [-0.15, -0.1) is 0 Å². The molecule has 1 aliphatic rings. The van der Waals surface area contributed by atoms with Crippen LogP contribution in [0.4, 0.5) is 0 Å². The number of nitrogens with one attached hydrogen (secondary N) is 2. The van der Waals surface area contributed by atoms with Crippen LogP contribution in [0, 0.1) is 0 Å². The number of hydrogen-bond donors (Lipinski definition) is 2. The second-order valence-corrected chi connectivity index (χ2v) is 4.19. The Kier molecular flexibility index (Phi) is 3.80. The van der Waals surface area contributed by atoms with Crippen molar-refractivity contribution in [1.29, 1.82) is 0 Å². The molecule has 92 valence electrons.